The van der Waals surface area contributed by atoms with E-state index in [4.69, 9.17) is 0 Å². The smallest absolute Gasteiger partial charge is 0.311 e. The molecule has 114 valence electrons. The van der Waals surface area contributed by atoms with E-state index in [-0.39, 0.29) is 5.56 Å². The van der Waals surface area contributed by atoms with E-state index in [0.29, 0.717) is 17.3 Å². The van der Waals surface area contributed by atoms with E-state index < -0.39 is 29.2 Å². The lowest BCUT2D eigenvalue weighted by Crippen LogP contribution is -2.52. The molecular formula is C15H17BrFNO3. The van der Waals surface area contributed by atoms with Gasteiger partial charge in [-0.15, -0.1) is 0 Å². The molecule has 0 radical (unpaired) electrons. The molecule has 21 heavy (non-hydrogen) atoms. The highest BCUT2D eigenvalue weighted by atomic mass is 79.9. The Balaban J connectivity index is 2.24. The summed E-state index contributed by atoms with van der Waals surface area (Å²) in [6, 6.07) is 3.78. The minimum atomic E-state index is -1.01. The van der Waals surface area contributed by atoms with E-state index >= 15 is 0 Å². The van der Waals surface area contributed by atoms with Crippen LogP contribution in [-0.4, -0.2) is 23.0 Å². The van der Waals surface area contributed by atoms with Gasteiger partial charge < -0.3 is 10.4 Å². The standard InChI is InChI=1S/C15H17BrFNO3/c1-15(14(20)21)8-3-2-7-11(15)18-13(19)12-9(16)5-4-6-10(12)17/h4-6,11H,2-3,7-8H2,1H3,(H,18,19)(H,20,21). The number of aliphatic carboxylic acids is 1. The summed E-state index contributed by atoms with van der Waals surface area (Å²) in [5.41, 5.74) is -1.10. The van der Waals surface area contributed by atoms with Crippen molar-refractivity contribution >= 4 is 27.8 Å². The predicted octanol–water partition coefficient (Wildman–Crippen LogP) is 3.35. The monoisotopic (exact) mass is 357 g/mol. The van der Waals surface area contributed by atoms with Gasteiger partial charge in [-0.3, -0.25) is 9.59 Å². The molecule has 6 heteroatoms. The zero-order valence-electron chi connectivity index (χ0n) is 11.7. The lowest BCUT2D eigenvalue weighted by atomic mass is 9.71. The van der Waals surface area contributed by atoms with E-state index in [2.05, 4.69) is 21.2 Å². The van der Waals surface area contributed by atoms with E-state index in [0.717, 1.165) is 12.8 Å². The van der Waals surface area contributed by atoms with Gasteiger partial charge in [0.15, 0.2) is 0 Å². The van der Waals surface area contributed by atoms with Gasteiger partial charge in [-0.05, 0) is 47.8 Å². The fraction of sp³-hybridized carbons (Fsp3) is 0.467. The average Bonchev–Trinajstić information content (AvgIpc) is 2.41. The van der Waals surface area contributed by atoms with Crippen LogP contribution in [0, 0.1) is 11.2 Å². The summed E-state index contributed by atoms with van der Waals surface area (Å²) in [7, 11) is 0. The number of carboxylic acid groups (broad SMARTS) is 1. The summed E-state index contributed by atoms with van der Waals surface area (Å²) >= 11 is 3.15. The molecule has 2 N–H and O–H groups in total. The second-order valence-electron chi connectivity index (χ2n) is 5.59. The number of amides is 1. The molecule has 0 aliphatic heterocycles. The number of hydrogen-bond donors (Lipinski definition) is 2. The highest BCUT2D eigenvalue weighted by Gasteiger charge is 2.44. The molecule has 1 aliphatic carbocycles. The molecule has 1 fully saturated rings. The van der Waals surface area contributed by atoms with Crippen LogP contribution >= 0.6 is 15.9 Å². The number of carboxylic acids is 1. The molecule has 1 amide bonds. The van der Waals surface area contributed by atoms with Gasteiger partial charge in [-0.25, -0.2) is 4.39 Å². The number of carbonyl (C=O) groups excluding carboxylic acids is 1. The Kier molecular flexibility index (Phi) is 4.66. The first-order chi connectivity index (χ1) is 9.86. The van der Waals surface area contributed by atoms with Gasteiger partial charge in [0.05, 0.1) is 11.0 Å². The number of nitrogens with one attached hydrogen (secondary N) is 1. The Labute approximate surface area is 130 Å². The lowest BCUT2D eigenvalue weighted by Gasteiger charge is -2.38. The molecule has 2 rings (SSSR count). The van der Waals surface area contributed by atoms with Gasteiger partial charge in [0.1, 0.15) is 5.82 Å². The highest BCUT2D eigenvalue weighted by molar-refractivity contribution is 9.10. The van der Waals surface area contributed by atoms with Crippen molar-refractivity contribution in [2.24, 2.45) is 5.41 Å². The number of rotatable bonds is 3. The first kappa shape index (κ1) is 15.9. The van der Waals surface area contributed by atoms with Crippen LogP contribution in [0.1, 0.15) is 43.0 Å². The average molecular weight is 358 g/mol. The predicted molar refractivity (Wildman–Crippen MR) is 79.6 cm³/mol. The molecule has 4 nitrogen and oxygen atoms in total. The highest BCUT2D eigenvalue weighted by Crippen LogP contribution is 2.36. The van der Waals surface area contributed by atoms with Crippen LogP contribution in [-0.2, 0) is 4.79 Å². The molecule has 2 unspecified atom stereocenters. The minimum absolute atomic E-state index is 0.0872. The first-order valence-corrected chi connectivity index (χ1v) is 7.64. The van der Waals surface area contributed by atoms with Crippen molar-refractivity contribution in [2.75, 3.05) is 0 Å². The van der Waals surface area contributed by atoms with E-state index in [1.807, 2.05) is 0 Å². The molecule has 0 saturated heterocycles. The fourth-order valence-electron chi connectivity index (χ4n) is 2.77. The van der Waals surface area contributed by atoms with Gasteiger partial charge in [0.25, 0.3) is 5.91 Å². The van der Waals surface area contributed by atoms with Crippen LogP contribution in [0.5, 0.6) is 0 Å². The minimum Gasteiger partial charge on any atom is -0.481 e. The van der Waals surface area contributed by atoms with Gasteiger partial charge >= 0.3 is 5.97 Å². The summed E-state index contributed by atoms with van der Waals surface area (Å²) in [5.74, 6) is -2.14. The van der Waals surface area contributed by atoms with E-state index in [1.165, 1.54) is 12.1 Å². The Hall–Kier alpha value is -1.43. The summed E-state index contributed by atoms with van der Waals surface area (Å²) in [4.78, 5) is 23.8. The Bertz CT molecular complexity index is 558. The Morgan fingerprint density at radius 1 is 1.43 bits per heavy atom. The zero-order valence-corrected chi connectivity index (χ0v) is 13.2. The van der Waals surface area contributed by atoms with Crippen LogP contribution in [0.3, 0.4) is 0 Å². The zero-order chi connectivity index (χ0) is 15.6. The molecule has 1 aliphatic rings. The molecule has 0 heterocycles. The number of carbonyl (C=O) groups is 2. The van der Waals surface area contributed by atoms with Gasteiger partial charge in [0.2, 0.25) is 0 Å². The van der Waals surface area contributed by atoms with E-state index in [9.17, 15) is 19.1 Å². The van der Waals surface area contributed by atoms with Gasteiger partial charge in [-0.1, -0.05) is 18.9 Å². The van der Waals surface area contributed by atoms with Crippen LogP contribution in [0.15, 0.2) is 22.7 Å². The molecule has 0 aromatic heterocycles. The normalized spacial score (nSPS) is 25.4. The SMILES string of the molecule is CC1(C(=O)O)CCCCC1NC(=O)c1c(F)cccc1Br. The van der Waals surface area contributed by atoms with Crippen LogP contribution in [0.25, 0.3) is 0 Å². The number of hydrogen-bond acceptors (Lipinski definition) is 2. The van der Waals surface area contributed by atoms with Crippen molar-refractivity contribution in [3.63, 3.8) is 0 Å². The van der Waals surface area contributed by atoms with Crippen LogP contribution < -0.4 is 5.32 Å². The largest absolute Gasteiger partial charge is 0.481 e. The topological polar surface area (TPSA) is 66.4 Å². The van der Waals surface area contributed by atoms with Gasteiger partial charge in [-0.2, -0.15) is 0 Å². The second kappa shape index (κ2) is 6.13. The maximum atomic E-state index is 13.8. The first-order valence-electron chi connectivity index (χ1n) is 6.84. The molecule has 0 spiro atoms. The number of halogens is 2. The third kappa shape index (κ3) is 3.10. The maximum Gasteiger partial charge on any atom is 0.311 e. The third-order valence-corrected chi connectivity index (χ3v) is 4.85. The van der Waals surface area contributed by atoms with Crippen molar-refractivity contribution in [3.8, 4) is 0 Å². The molecule has 1 aromatic rings. The molecule has 1 saturated carbocycles. The Morgan fingerprint density at radius 2 is 2.14 bits per heavy atom. The Morgan fingerprint density at radius 3 is 2.76 bits per heavy atom. The summed E-state index contributed by atoms with van der Waals surface area (Å²) in [5, 5.41) is 12.1. The van der Waals surface area contributed by atoms with Crippen molar-refractivity contribution in [1.82, 2.24) is 5.32 Å². The maximum absolute atomic E-state index is 13.8. The van der Waals surface area contributed by atoms with Crippen molar-refractivity contribution < 1.29 is 19.1 Å². The molecule has 0 bridgehead atoms. The van der Waals surface area contributed by atoms with Crippen molar-refractivity contribution in [2.45, 2.75) is 38.6 Å². The van der Waals surface area contributed by atoms with Crippen molar-refractivity contribution in [3.05, 3.63) is 34.1 Å². The van der Waals surface area contributed by atoms with Crippen LogP contribution in [0.2, 0.25) is 0 Å². The summed E-state index contributed by atoms with van der Waals surface area (Å²) in [6.45, 7) is 1.63. The molecule has 2 atom stereocenters. The second-order valence-corrected chi connectivity index (χ2v) is 6.45. The molecule has 1 aromatic carbocycles. The lowest BCUT2D eigenvalue weighted by molar-refractivity contribution is -0.151. The fourth-order valence-corrected chi connectivity index (χ4v) is 3.29. The summed E-state index contributed by atoms with van der Waals surface area (Å²) in [6.07, 6.45) is 2.76. The molecular weight excluding hydrogens is 341 g/mol. The van der Waals surface area contributed by atoms with Crippen molar-refractivity contribution in [1.29, 1.82) is 0 Å². The summed E-state index contributed by atoms with van der Waals surface area (Å²) < 4.78 is 14.2. The van der Waals surface area contributed by atoms with Gasteiger partial charge in [0, 0.05) is 10.5 Å². The number of benzene rings is 1. The van der Waals surface area contributed by atoms with Crippen LogP contribution in [0.4, 0.5) is 4.39 Å². The van der Waals surface area contributed by atoms with E-state index in [1.54, 1.807) is 13.0 Å². The quantitative estimate of drug-likeness (QED) is 0.871. The third-order valence-electron chi connectivity index (χ3n) is 4.19.